The quantitative estimate of drug-likeness (QED) is 0.537. The largest absolute Gasteiger partial charge is 0.376 e. The molecule has 7 nitrogen and oxygen atoms in total. The summed E-state index contributed by atoms with van der Waals surface area (Å²) in [5, 5.41) is 5.93. The van der Waals surface area contributed by atoms with Gasteiger partial charge < -0.3 is 20.4 Å². The second-order valence-corrected chi connectivity index (χ2v) is 8.70. The van der Waals surface area contributed by atoms with Gasteiger partial charge >= 0.3 is 0 Å². The maximum atomic E-state index is 12.7. The molecule has 2 N–H and O–H groups in total. The Morgan fingerprint density at radius 2 is 1.35 bits per heavy atom. The summed E-state index contributed by atoms with van der Waals surface area (Å²) >= 11 is 0. The van der Waals surface area contributed by atoms with E-state index in [1.54, 1.807) is 36.4 Å². The number of piperidine rings is 1. The van der Waals surface area contributed by atoms with Crippen LogP contribution in [0.5, 0.6) is 0 Å². The third-order valence-corrected chi connectivity index (χ3v) is 5.92. The van der Waals surface area contributed by atoms with Gasteiger partial charge in [-0.2, -0.15) is 0 Å². The van der Waals surface area contributed by atoms with Gasteiger partial charge in [-0.25, -0.2) is 0 Å². The zero-order chi connectivity index (χ0) is 24.3. The van der Waals surface area contributed by atoms with Crippen molar-refractivity contribution in [1.82, 2.24) is 9.80 Å². The molecular weight excluding hydrogens is 428 g/mol. The first-order valence-corrected chi connectivity index (χ1v) is 12.3. The number of carbonyl (C=O) groups is 3. The smallest absolute Gasteiger partial charge is 0.253 e. The number of likely N-dealkylation sites (tertiary alicyclic amines) is 1. The van der Waals surface area contributed by atoms with Gasteiger partial charge in [0.15, 0.2) is 0 Å². The lowest BCUT2D eigenvalue weighted by atomic mass is 10.1. The summed E-state index contributed by atoms with van der Waals surface area (Å²) in [6, 6.07) is 14.3. The molecule has 1 fully saturated rings. The molecule has 0 atom stereocenters. The lowest BCUT2D eigenvalue weighted by Gasteiger charge is -2.26. The lowest BCUT2D eigenvalue weighted by Crippen LogP contribution is -2.35. The van der Waals surface area contributed by atoms with E-state index in [0.29, 0.717) is 16.8 Å². The van der Waals surface area contributed by atoms with Crippen LogP contribution in [0.3, 0.4) is 0 Å². The van der Waals surface area contributed by atoms with E-state index in [2.05, 4.69) is 24.5 Å². The van der Waals surface area contributed by atoms with Crippen LogP contribution < -0.4 is 10.6 Å². The van der Waals surface area contributed by atoms with Crippen molar-refractivity contribution >= 4 is 29.1 Å². The van der Waals surface area contributed by atoms with Gasteiger partial charge in [-0.3, -0.25) is 14.4 Å². The van der Waals surface area contributed by atoms with Gasteiger partial charge in [0.25, 0.3) is 11.8 Å². The first-order valence-electron chi connectivity index (χ1n) is 12.3. The fourth-order valence-corrected chi connectivity index (χ4v) is 4.13. The van der Waals surface area contributed by atoms with Crippen LogP contribution in [0.25, 0.3) is 0 Å². The van der Waals surface area contributed by atoms with Crippen LogP contribution in [-0.4, -0.2) is 60.2 Å². The Hall–Kier alpha value is -3.35. The minimum Gasteiger partial charge on any atom is -0.376 e. The van der Waals surface area contributed by atoms with Crippen molar-refractivity contribution in [2.24, 2.45) is 0 Å². The summed E-state index contributed by atoms with van der Waals surface area (Å²) in [5.74, 6) is -0.101. The SMILES string of the molecule is CCCN(CCC)C(=O)c1ccc(NCC(=O)Nc2ccc(C(=O)N3CCCCC3)cc2)cc1. The minimum atomic E-state index is -0.188. The van der Waals surface area contributed by atoms with Crippen LogP contribution in [0.1, 0.15) is 66.7 Å². The average molecular weight is 465 g/mol. The van der Waals surface area contributed by atoms with Crippen molar-refractivity contribution < 1.29 is 14.4 Å². The van der Waals surface area contributed by atoms with Crippen molar-refractivity contribution in [3.8, 4) is 0 Å². The normalized spacial score (nSPS) is 13.3. The van der Waals surface area contributed by atoms with E-state index in [-0.39, 0.29) is 24.3 Å². The standard InChI is InChI=1S/C27H36N4O3/c1-3-16-30(17-4-2)26(33)21-8-12-23(13-9-21)28-20-25(32)29-24-14-10-22(11-15-24)27(34)31-18-6-5-7-19-31/h8-15,28H,3-7,16-20H2,1-2H3,(H,29,32). The Balaban J connectivity index is 1.48. The van der Waals surface area contributed by atoms with E-state index in [1.165, 1.54) is 6.42 Å². The van der Waals surface area contributed by atoms with Crippen LogP contribution in [0, 0.1) is 0 Å². The van der Waals surface area contributed by atoms with Gasteiger partial charge in [0.05, 0.1) is 6.54 Å². The molecule has 34 heavy (non-hydrogen) atoms. The summed E-state index contributed by atoms with van der Waals surface area (Å²) in [7, 11) is 0. The van der Waals surface area contributed by atoms with Crippen LogP contribution in [0.2, 0.25) is 0 Å². The van der Waals surface area contributed by atoms with Crippen molar-refractivity contribution in [2.45, 2.75) is 46.0 Å². The number of hydrogen-bond donors (Lipinski definition) is 2. The van der Waals surface area contributed by atoms with Gasteiger partial charge in [-0.1, -0.05) is 13.8 Å². The third-order valence-electron chi connectivity index (χ3n) is 5.92. The number of nitrogens with zero attached hydrogens (tertiary/aromatic N) is 2. The van der Waals surface area contributed by atoms with E-state index in [9.17, 15) is 14.4 Å². The van der Waals surface area contributed by atoms with Gasteiger partial charge in [0.1, 0.15) is 0 Å². The molecule has 1 aliphatic heterocycles. The second-order valence-electron chi connectivity index (χ2n) is 8.70. The molecule has 0 aliphatic carbocycles. The molecule has 182 valence electrons. The van der Waals surface area contributed by atoms with Crippen LogP contribution in [0.15, 0.2) is 48.5 Å². The van der Waals surface area contributed by atoms with Crippen LogP contribution in [0.4, 0.5) is 11.4 Å². The van der Waals surface area contributed by atoms with Crippen molar-refractivity contribution in [3.05, 3.63) is 59.7 Å². The summed E-state index contributed by atoms with van der Waals surface area (Å²) < 4.78 is 0. The maximum absolute atomic E-state index is 12.7. The zero-order valence-corrected chi connectivity index (χ0v) is 20.3. The first kappa shape index (κ1) is 25.3. The number of amides is 3. The summed E-state index contributed by atoms with van der Waals surface area (Å²) in [6.45, 7) is 7.36. The third kappa shape index (κ3) is 7.07. The summed E-state index contributed by atoms with van der Waals surface area (Å²) in [5.41, 5.74) is 2.71. The number of carbonyl (C=O) groups excluding carboxylic acids is 3. The molecule has 2 aromatic carbocycles. The molecule has 1 saturated heterocycles. The number of rotatable bonds is 10. The number of hydrogen-bond acceptors (Lipinski definition) is 4. The molecule has 0 spiro atoms. The van der Waals surface area contributed by atoms with Gasteiger partial charge in [-0.15, -0.1) is 0 Å². The average Bonchev–Trinajstić information content (AvgIpc) is 2.88. The van der Waals surface area contributed by atoms with Crippen molar-refractivity contribution in [1.29, 1.82) is 0 Å². The van der Waals surface area contributed by atoms with E-state index in [0.717, 1.165) is 57.5 Å². The Morgan fingerprint density at radius 1 is 0.794 bits per heavy atom. The fourth-order valence-electron chi connectivity index (χ4n) is 4.13. The highest BCUT2D eigenvalue weighted by Crippen LogP contribution is 2.16. The first-order chi connectivity index (χ1) is 16.5. The fraction of sp³-hybridized carbons (Fsp3) is 0.444. The molecule has 0 aromatic heterocycles. The van der Waals surface area contributed by atoms with E-state index in [4.69, 9.17) is 0 Å². The second kappa shape index (κ2) is 12.8. The molecule has 1 aliphatic rings. The maximum Gasteiger partial charge on any atom is 0.253 e. The highest BCUT2D eigenvalue weighted by atomic mass is 16.2. The van der Waals surface area contributed by atoms with Gasteiger partial charge in [0, 0.05) is 48.7 Å². The highest BCUT2D eigenvalue weighted by molar-refractivity contribution is 5.97. The molecule has 7 heteroatoms. The van der Waals surface area contributed by atoms with Crippen LogP contribution >= 0.6 is 0 Å². The Kier molecular flexibility index (Phi) is 9.50. The molecule has 0 bridgehead atoms. The van der Waals surface area contributed by atoms with Gasteiger partial charge in [-0.05, 0) is 80.6 Å². The van der Waals surface area contributed by atoms with Crippen molar-refractivity contribution in [2.75, 3.05) is 43.4 Å². The van der Waals surface area contributed by atoms with E-state index >= 15 is 0 Å². The molecule has 0 saturated carbocycles. The molecule has 3 amide bonds. The summed E-state index contributed by atoms with van der Waals surface area (Å²) in [6.07, 6.45) is 5.15. The molecule has 0 unspecified atom stereocenters. The Labute approximate surface area is 202 Å². The highest BCUT2D eigenvalue weighted by Gasteiger charge is 2.18. The molecule has 2 aromatic rings. The number of benzene rings is 2. The van der Waals surface area contributed by atoms with Crippen molar-refractivity contribution in [3.63, 3.8) is 0 Å². The summed E-state index contributed by atoms with van der Waals surface area (Å²) in [4.78, 5) is 41.4. The van der Waals surface area contributed by atoms with E-state index in [1.807, 2.05) is 21.9 Å². The Morgan fingerprint density at radius 3 is 1.94 bits per heavy atom. The molecule has 3 rings (SSSR count). The topological polar surface area (TPSA) is 81.8 Å². The Bertz CT molecular complexity index is 945. The minimum absolute atomic E-state index is 0.0372. The predicted octanol–water partition coefficient (Wildman–Crippen LogP) is 4.63. The van der Waals surface area contributed by atoms with Crippen LogP contribution in [-0.2, 0) is 4.79 Å². The molecule has 1 heterocycles. The molecular formula is C27H36N4O3. The monoisotopic (exact) mass is 464 g/mol. The lowest BCUT2D eigenvalue weighted by molar-refractivity contribution is -0.114. The number of nitrogens with one attached hydrogen (secondary N) is 2. The number of anilines is 2. The van der Waals surface area contributed by atoms with Gasteiger partial charge in [0.2, 0.25) is 5.91 Å². The zero-order valence-electron chi connectivity index (χ0n) is 20.3. The predicted molar refractivity (Wildman–Crippen MR) is 136 cm³/mol. The van der Waals surface area contributed by atoms with E-state index < -0.39 is 0 Å². The molecule has 0 radical (unpaired) electrons.